The highest BCUT2D eigenvalue weighted by atomic mass is 16.2. The molecule has 1 aliphatic heterocycles. The molecule has 1 aliphatic rings. The van der Waals surface area contributed by atoms with Crippen molar-refractivity contribution >= 4 is 55.2 Å². The lowest BCUT2D eigenvalue weighted by Crippen LogP contribution is -2.40. The summed E-state index contributed by atoms with van der Waals surface area (Å²) in [4.78, 5) is 36.7. The maximum Gasteiger partial charge on any atom is 0.261 e. The molecule has 0 bridgehead atoms. The summed E-state index contributed by atoms with van der Waals surface area (Å²) in [6, 6.07) is 34.8. The van der Waals surface area contributed by atoms with E-state index in [-0.39, 0.29) is 11.8 Å². The average Bonchev–Trinajstić information content (AvgIpc) is 3.50. The van der Waals surface area contributed by atoms with Crippen molar-refractivity contribution in [2.24, 2.45) is 0 Å². The number of carbonyl (C=O) groups excluding carboxylic acids is 2. The van der Waals surface area contributed by atoms with Gasteiger partial charge in [0.2, 0.25) is 0 Å². The number of benzene rings is 6. The van der Waals surface area contributed by atoms with Crippen molar-refractivity contribution in [3.05, 3.63) is 114 Å². The summed E-state index contributed by atoms with van der Waals surface area (Å²) in [5.41, 5.74) is 6.19. The van der Waals surface area contributed by atoms with Gasteiger partial charge in [0.15, 0.2) is 0 Å². The first-order valence-electron chi connectivity index (χ1n) is 14.5. The van der Waals surface area contributed by atoms with Crippen LogP contribution in [0.15, 0.2) is 103 Å². The first-order valence-corrected chi connectivity index (χ1v) is 14.5. The predicted molar refractivity (Wildman–Crippen MR) is 170 cm³/mol. The van der Waals surface area contributed by atoms with E-state index in [0.29, 0.717) is 17.7 Å². The van der Waals surface area contributed by atoms with E-state index in [9.17, 15) is 9.59 Å². The van der Waals surface area contributed by atoms with E-state index >= 15 is 0 Å². The first kappa shape index (κ1) is 24.5. The molecule has 6 aromatic carbocycles. The highest BCUT2D eigenvalue weighted by molar-refractivity contribution is 6.27. The Morgan fingerprint density at radius 3 is 1.95 bits per heavy atom. The molecule has 8 rings (SSSR count). The van der Waals surface area contributed by atoms with Crippen molar-refractivity contribution in [3.63, 3.8) is 0 Å². The maximum atomic E-state index is 13.3. The second kappa shape index (κ2) is 9.38. The Morgan fingerprint density at radius 1 is 0.619 bits per heavy atom. The van der Waals surface area contributed by atoms with E-state index < -0.39 is 0 Å². The fourth-order valence-corrected chi connectivity index (χ4v) is 6.49. The lowest BCUT2D eigenvalue weighted by Gasteiger charge is -2.27. The van der Waals surface area contributed by atoms with Crippen LogP contribution in [0.4, 0.5) is 0 Å². The number of rotatable bonds is 5. The van der Waals surface area contributed by atoms with Crippen molar-refractivity contribution in [1.29, 1.82) is 0 Å². The van der Waals surface area contributed by atoms with E-state index in [1.165, 1.54) is 15.7 Å². The van der Waals surface area contributed by atoms with Gasteiger partial charge in [-0.25, -0.2) is 4.98 Å². The quantitative estimate of drug-likeness (QED) is 0.174. The number of imidazole rings is 1. The first-order chi connectivity index (χ1) is 20.6. The van der Waals surface area contributed by atoms with Crippen molar-refractivity contribution in [2.45, 2.75) is 19.8 Å². The van der Waals surface area contributed by atoms with E-state index in [0.717, 1.165) is 67.9 Å². The molecule has 0 atom stereocenters. The molecule has 1 N–H and O–H groups in total. The Kier molecular flexibility index (Phi) is 5.47. The van der Waals surface area contributed by atoms with Gasteiger partial charge in [0.1, 0.15) is 5.82 Å². The maximum absolute atomic E-state index is 13.3. The number of H-pyrrole nitrogens is 1. The number of carbonyl (C=O) groups is 2. The minimum absolute atomic E-state index is 0.205. The van der Waals surface area contributed by atoms with Gasteiger partial charge in [0.05, 0.1) is 11.0 Å². The zero-order valence-electron chi connectivity index (χ0n) is 23.1. The van der Waals surface area contributed by atoms with Gasteiger partial charge < -0.3 is 4.98 Å². The molecule has 7 aromatic rings. The van der Waals surface area contributed by atoms with Crippen LogP contribution in [0.3, 0.4) is 0 Å². The van der Waals surface area contributed by atoms with Gasteiger partial charge in [0.25, 0.3) is 11.8 Å². The van der Waals surface area contributed by atoms with Crippen LogP contribution in [-0.2, 0) is 0 Å². The molecule has 0 fully saturated rings. The number of fused-ring (bicyclic) bond motifs is 6. The van der Waals surface area contributed by atoms with Crippen molar-refractivity contribution in [1.82, 2.24) is 14.9 Å². The number of hydrogen-bond acceptors (Lipinski definition) is 3. The van der Waals surface area contributed by atoms with Crippen molar-refractivity contribution in [2.75, 3.05) is 6.54 Å². The van der Waals surface area contributed by atoms with Gasteiger partial charge in [-0.05, 0) is 45.8 Å². The Labute approximate surface area is 242 Å². The van der Waals surface area contributed by atoms with Crippen LogP contribution >= 0.6 is 0 Å². The second-order valence-corrected chi connectivity index (χ2v) is 11.0. The molecular weight excluding hydrogens is 518 g/mol. The zero-order valence-corrected chi connectivity index (χ0v) is 23.1. The third-order valence-electron chi connectivity index (χ3n) is 8.57. The third-order valence-corrected chi connectivity index (χ3v) is 8.57. The van der Waals surface area contributed by atoms with Crippen molar-refractivity contribution < 1.29 is 9.59 Å². The Balaban J connectivity index is 1.22. The number of aromatic amines is 1. The van der Waals surface area contributed by atoms with Gasteiger partial charge in [-0.2, -0.15) is 0 Å². The van der Waals surface area contributed by atoms with E-state index in [1.54, 1.807) is 0 Å². The molecule has 202 valence electrons. The summed E-state index contributed by atoms with van der Waals surface area (Å²) in [6.07, 6.45) is 1.72. The van der Waals surface area contributed by atoms with Crippen LogP contribution in [-0.4, -0.2) is 33.2 Å². The topological polar surface area (TPSA) is 66.1 Å². The van der Waals surface area contributed by atoms with Gasteiger partial charge in [0, 0.05) is 39.4 Å². The summed E-state index contributed by atoms with van der Waals surface area (Å²) in [7, 11) is 0. The summed E-state index contributed by atoms with van der Waals surface area (Å²) in [5, 5.41) is 6.35. The number of imide groups is 1. The highest BCUT2D eigenvalue weighted by Crippen LogP contribution is 2.38. The number of amides is 2. The number of hydrogen-bond donors (Lipinski definition) is 1. The Morgan fingerprint density at radius 2 is 1.21 bits per heavy atom. The molecule has 5 heteroatoms. The number of aromatic nitrogens is 2. The standard InChI is InChI=1S/C37H27N3O2/c1-2-3-21-40-36(41)30-14-8-13-27-24(19-20-31(32(27)30)37(40)42)22-15-17-23(18-16-22)35-38-33-28-11-6-4-9-25(28)26-10-5-7-12-29(26)34(33)39-35/h4-20H,2-3,21H2,1H3,(H,38,39). The molecule has 2 heterocycles. The molecular formula is C37H27N3O2. The molecule has 0 spiro atoms. The number of nitrogens with zero attached hydrogens (tertiary/aromatic N) is 2. The van der Waals surface area contributed by atoms with Crippen LogP contribution < -0.4 is 0 Å². The van der Waals surface area contributed by atoms with E-state index in [1.807, 2.05) is 30.3 Å². The molecule has 0 saturated carbocycles. The fraction of sp³-hybridized carbons (Fsp3) is 0.108. The summed E-state index contributed by atoms with van der Waals surface area (Å²) in [5.74, 6) is 0.409. The van der Waals surface area contributed by atoms with Gasteiger partial charge in [-0.15, -0.1) is 0 Å². The monoisotopic (exact) mass is 545 g/mol. The second-order valence-electron chi connectivity index (χ2n) is 11.0. The average molecular weight is 546 g/mol. The molecule has 1 aromatic heterocycles. The van der Waals surface area contributed by atoms with Crippen LogP contribution in [0.25, 0.3) is 65.9 Å². The zero-order chi connectivity index (χ0) is 28.4. The summed E-state index contributed by atoms with van der Waals surface area (Å²) >= 11 is 0. The number of unbranched alkanes of at least 4 members (excludes halogenated alkanes) is 1. The predicted octanol–water partition coefficient (Wildman–Crippen LogP) is 8.75. The van der Waals surface area contributed by atoms with Crippen LogP contribution in [0.5, 0.6) is 0 Å². The van der Waals surface area contributed by atoms with E-state index in [2.05, 4.69) is 84.7 Å². The Hall–Kier alpha value is -5.29. The molecule has 0 aliphatic carbocycles. The minimum atomic E-state index is -0.205. The fourth-order valence-electron chi connectivity index (χ4n) is 6.49. The molecule has 0 radical (unpaired) electrons. The normalized spacial score (nSPS) is 13.2. The molecule has 0 unspecified atom stereocenters. The van der Waals surface area contributed by atoms with Crippen LogP contribution in [0.2, 0.25) is 0 Å². The molecule has 0 saturated heterocycles. The molecule has 5 nitrogen and oxygen atoms in total. The smallest absolute Gasteiger partial charge is 0.261 e. The molecule has 42 heavy (non-hydrogen) atoms. The summed E-state index contributed by atoms with van der Waals surface area (Å²) in [6.45, 7) is 2.50. The SMILES string of the molecule is CCCCN1C(=O)c2cccc3c(-c4ccc(-c5nc6c7ccccc7c7ccccc7c6[nH]5)cc4)ccc(c23)C1=O. The Bertz CT molecular complexity index is 2130. The summed E-state index contributed by atoms with van der Waals surface area (Å²) < 4.78 is 0. The molecule has 2 amide bonds. The van der Waals surface area contributed by atoms with Crippen molar-refractivity contribution in [3.8, 4) is 22.5 Å². The largest absolute Gasteiger partial charge is 0.337 e. The van der Waals surface area contributed by atoms with Crippen LogP contribution in [0.1, 0.15) is 40.5 Å². The minimum Gasteiger partial charge on any atom is -0.337 e. The third kappa shape index (κ3) is 3.53. The van der Waals surface area contributed by atoms with Gasteiger partial charge in [-0.1, -0.05) is 104 Å². The lowest BCUT2D eigenvalue weighted by atomic mass is 9.89. The lowest BCUT2D eigenvalue weighted by molar-refractivity contribution is 0.0608. The van der Waals surface area contributed by atoms with Gasteiger partial charge in [-0.3, -0.25) is 14.5 Å². The van der Waals surface area contributed by atoms with Crippen LogP contribution in [0, 0.1) is 0 Å². The number of nitrogens with one attached hydrogen (secondary N) is 1. The highest BCUT2D eigenvalue weighted by Gasteiger charge is 2.32. The van der Waals surface area contributed by atoms with Gasteiger partial charge >= 0.3 is 0 Å². The van der Waals surface area contributed by atoms with E-state index in [4.69, 9.17) is 4.98 Å².